The first-order valence-corrected chi connectivity index (χ1v) is 9.92. The highest BCUT2D eigenvalue weighted by molar-refractivity contribution is 7.11. The number of aryl methyl sites for hydroxylation is 2. The van der Waals surface area contributed by atoms with Gasteiger partial charge in [0, 0.05) is 30.0 Å². The molecular formula is C20H25N5OS. The van der Waals surface area contributed by atoms with E-state index in [-0.39, 0.29) is 0 Å². The molecule has 0 amide bonds. The summed E-state index contributed by atoms with van der Waals surface area (Å²) in [5, 5.41) is 7.75. The molecule has 0 radical (unpaired) electrons. The van der Waals surface area contributed by atoms with Gasteiger partial charge in [-0.25, -0.2) is 15.0 Å². The van der Waals surface area contributed by atoms with E-state index >= 15 is 0 Å². The van der Waals surface area contributed by atoms with Gasteiger partial charge in [0.05, 0.1) is 17.2 Å². The summed E-state index contributed by atoms with van der Waals surface area (Å²) in [4.78, 5) is 14.9. The lowest BCUT2D eigenvalue weighted by Gasteiger charge is -2.10. The number of aliphatic imine (C=N–C) groups is 1. The van der Waals surface area contributed by atoms with Crippen LogP contribution in [-0.2, 0) is 13.0 Å². The molecule has 0 aliphatic heterocycles. The standard InChI is InChI=1S/C20H25N5OS/c1-4-21-20(22-11-10-18-14(2)24-15(3)27-18)23-12-17-13-26-19(25-17)16-8-6-5-7-9-16/h5-9,13H,4,10-12H2,1-3H3,(H2,21,22,23). The number of hydrogen-bond acceptors (Lipinski definition) is 5. The Morgan fingerprint density at radius 1 is 1.15 bits per heavy atom. The normalized spacial score (nSPS) is 11.6. The first-order chi connectivity index (χ1) is 13.2. The molecule has 142 valence electrons. The van der Waals surface area contributed by atoms with Gasteiger partial charge < -0.3 is 15.1 Å². The third kappa shape index (κ3) is 5.40. The van der Waals surface area contributed by atoms with Gasteiger partial charge in [0.2, 0.25) is 5.89 Å². The Bertz CT molecular complexity index is 885. The predicted molar refractivity (Wildman–Crippen MR) is 110 cm³/mol. The molecule has 0 unspecified atom stereocenters. The zero-order valence-corrected chi connectivity index (χ0v) is 16.8. The Kier molecular flexibility index (Phi) is 6.59. The fourth-order valence-corrected chi connectivity index (χ4v) is 3.63. The molecule has 1 aromatic carbocycles. The average molecular weight is 384 g/mol. The monoisotopic (exact) mass is 383 g/mol. The minimum Gasteiger partial charge on any atom is -0.444 e. The Morgan fingerprint density at radius 3 is 2.67 bits per heavy atom. The predicted octanol–water partition coefficient (Wildman–Crippen LogP) is 3.71. The molecule has 2 aromatic heterocycles. The zero-order chi connectivity index (χ0) is 19.1. The molecule has 7 heteroatoms. The molecule has 0 bridgehead atoms. The molecule has 27 heavy (non-hydrogen) atoms. The van der Waals surface area contributed by atoms with Crippen molar-refractivity contribution in [1.82, 2.24) is 20.6 Å². The van der Waals surface area contributed by atoms with E-state index in [0.717, 1.165) is 47.4 Å². The van der Waals surface area contributed by atoms with E-state index in [1.165, 1.54) is 4.88 Å². The molecule has 0 aliphatic rings. The van der Waals surface area contributed by atoms with Gasteiger partial charge in [0.15, 0.2) is 5.96 Å². The second kappa shape index (κ2) is 9.32. The van der Waals surface area contributed by atoms with Crippen molar-refractivity contribution in [1.29, 1.82) is 0 Å². The lowest BCUT2D eigenvalue weighted by molar-refractivity contribution is 0.572. The smallest absolute Gasteiger partial charge is 0.226 e. The van der Waals surface area contributed by atoms with Crippen molar-refractivity contribution in [2.45, 2.75) is 33.7 Å². The molecule has 2 N–H and O–H groups in total. The van der Waals surface area contributed by atoms with Crippen LogP contribution in [-0.4, -0.2) is 29.0 Å². The quantitative estimate of drug-likeness (QED) is 0.480. The molecule has 0 fully saturated rings. The fourth-order valence-electron chi connectivity index (χ4n) is 2.69. The molecule has 0 saturated heterocycles. The van der Waals surface area contributed by atoms with E-state index in [9.17, 15) is 0 Å². The van der Waals surface area contributed by atoms with Gasteiger partial charge in [-0.15, -0.1) is 11.3 Å². The third-order valence-electron chi connectivity index (χ3n) is 3.96. The number of oxazole rings is 1. The summed E-state index contributed by atoms with van der Waals surface area (Å²) >= 11 is 1.76. The summed E-state index contributed by atoms with van der Waals surface area (Å²) in [7, 11) is 0. The Hall–Kier alpha value is -2.67. The van der Waals surface area contributed by atoms with Crippen molar-refractivity contribution in [2.24, 2.45) is 4.99 Å². The summed E-state index contributed by atoms with van der Waals surface area (Å²) in [5.41, 5.74) is 2.89. The maximum Gasteiger partial charge on any atom is 0.226 e. The van der Waals surface area contributed by atoms with Crippen molar-refractivity contribution in [3.63, 3.8) is 0 Å². The van der Waals surface area contributed by atoms with Crippen molar-refractivity contribution in [3.8, 4) is 11.5 Å². The first-order valence-electron chi connectivity index (χ1n) is 9.10. The van der Waals surface area contributed by atoms with Gasteiger partial charge in [-0.3, -0.25) is 0 Å². The SMILES string of the molecule is CCNC(=NCc1coc(-c2ccccc2)n1)NCCc1sc(C)nc1C. The molecule has 6 nitrogen and oxygen atoms in total. The highest BCUT2D eigenvalue weighted by Crippen LogP contribution is 2.18. The van der Waals surface area contributed by atoms with Crippen LogP contribution in [0.2, 0.25) is 0 Å². The number of nitrogens with zero attached hydrogens (tertiary/aromatic N) is 3. The summed E-state index contributed by atoms with van der Waals surface area (Å²) in [6, 6.07) is 9.87. The van der Waals surface area contributed by atoms with Crippen LogP contribution in [0.4, 0.5) is 0 Å². The molecule has 0 aliphatic carbocycles. The van der Waals surface area contributed by atoms with Crippen LogP contribution < -0.4 is 10.6 Å². The van der Waals surface area contributed by atoms with Gasteiger partial charge in [-0.2, -0.15) is 0 Å². The lowest BCUT2D eigenvalue weighted by Crippen LogP contribution is -2.38. The largest absolute Gasteiger partial charge is 0.444 e. The van der Waals surface area contributed by atoms with Gasteiger partial charge >= 0.3 is 0 Å². The van der Waals surface area contributed by atoms with E-state index in [1.807, 2.05) is 37.3 Å². The molecule has 3 aromatic rings. The van der Waals surface area contributed by atoms with Gasteiger partial charge in [0.25, 0.3) is 0 Å². The second-order valence-corrected chi connectivity index (χ2v) is 7.41. The summed E-state index contributed by atoms with van der Waals surface area (Å²) in [6.45, 7) is 8.23. The highest BCUT2D eigenvalue weighted by atomic mass is 32.1. The van der Waals surface area contributed by atoms with Gasteiger partial charge in [-0.1, -0.05) is 18.2 Å². The number of hydrogen-bond donors (Lipinski definition) is 2. The molecule has 0 saturated carbocycles. The highest BCUT2D eigenvalue weighted by Gasteiger charge is 2.07. The Morgan fingerprint density at radius 2 is 1.96 bits per heavy atom. The van der Waals surface area contributed by atoms with Gasteiger partial charge in [-0.05, 0) is 32.9 Å². The van der Waals surface area contributed by atoms with Crippen molar-refractivity contribution in [2.75, 3.05) is 13.1 Å². The lowest BCUT2D eigenvalue weighted by atomic mass is 10.2. The van der Waals surface area contributed by atoms with Crippen molar-refractivity contribution >= 4 is 17.3 Å². The number of thiazole rings is 1. The van der Waals surface area contributed by atoms with Crippen LogP contribution in [0.15, 0.2) is 46.0 Å². The molecular weight excluding hydrogens is 358 g/mol. The number of benzene rings is 1. The summed E-state index contributed by atoms with van der Waals surface area (Å²) < 4.78 is 5.57. The molecule has 0 atom stereocenters. The molecule has 2 heterocycles. The minimum atomic E-state index is 0.463. The van der Waals surface area contributed by atoms with Crippen LogP contribution in [0, 0.1) is 13.8 Å². The third-order valence-corrected chi connectivity index (χ3v) is 5.09. The second-order valence-electron chi connectivity index (χ2n) is 6.12. The number of nitrogens with one attached hydrogen (secondary N) is 2. The Labute approximate surface area is 163 Å². The van der Waals surface area contributed by atoms with Crippen molar-refractivity contribution in [3.05, 3.63) is 57.9 Å². The Balaban J connectivity index is 1.57. The number of guanidine groups is 1. The first kappa shape index (κ1) is 19.1. The minimum absolute atomic E-state index is 0.463. The maximum absolute atomic E-state index is 5.57. The zero-order valence-electron chi connectivity index (χ0n) is 16.0. The maximum atomic E-state index is 5.57. The number of aromatic nitrogens is 2. The van der Waals surface area contributed by atoms with Crippen molar-refractivity contribution < 1.29 is 4.42 Å². The average Bonchev–Trinajstić information content (AvgIpc) is 3.27. The fraction of sp³-hybridized carbons (Fsp3) is 0.350. The van der Waals surface area contributed by atoms with Crippen LogP contribution >= 0.6 is 11.3 Å². The van der Waals surface area contributed by atoms with Gasteiger partial charge in [0.1, 0.15) is 12.0 Å². The topological polar surface area (TPSA) is 75.3 Å². The summed E-state index contributed by atoms with van der Waals surface area (Å²) in [6.07, 6.45) is 2.60. The van der Waals surface area contributed by atoms with Crippen LogP contribution in [0.1, 0.15) is 28.2 Å². The van der Waals surface area contributed by atoms with Crippen LogP contribution in [0.5, 0.6) is 0 Å². The molecule has 3 rings (SSSR count). The van der Waals surface area contributed by atoms with E-state index in [0.29, 0.717) is 12.4 Å². The van der Waals surface area contributed by atoms with Crippen LogP contribution in [0.3, 0.4) is 0 Å². The van der Waals surface area contributed by atoms with E-state index in [4.69, 9.17) is 4.42 Å². The molecule has 0 spiro atoms. The van der Waals surface area contributed by atoms with E-state index in [2.05, 4.69) is 39.4 Å². The summed E-state index contributed by atoms with van der Waals surface area (Å²) in [5.74, 6) is 1.40. The van der Waals surface area contributed by atoms with Crippen LogP contribution in [0.25, 0.3) is 11.5 Å². The number of rotatable bonds is 7. The van der Waals surface area contributed by atoms with E-state index < -0.39 is 0 Å². The van der Waals surface area contributed by atoms with E-state index in [1.54, 1.807) is 17.6 Å².